The number of hydrogen-bond acceptors (Lipinski definition) is 8. The van der Waals surface area contributed by atoms with Crippen molar-refractivity contribution in [3.05, 3.63) is 16.7 Å². The van der Waals surface area contributed by atoms with Gasteiger partial charge in [0.15, 0.2) is 11.2 Å². The van der Waals surface area contributed by atoms with E-state index in [1.54, 1.807) is 18.7 Å². The van der Waals surface area contributed by atoms with Crippen LogP contribution in [-0.2, 0) is 13.8 Å². The average molecular weight is 356 g/mol. The van der Waals surface area contributed by atoms with Gasteiger partial charge in [-0.25, -0.2) is 4.98 Å². The molecule has 1 saturated heterocycles. The number of aromatic nitrogens is 4. The minimum Gasteiger partial charge on any atom is -0.369 e. The Morgan fingerprint density at radius 1 is 1.54 bits per heavy atom. The smallest absolute Gasteiger partial charge is 0.369 e. The number of nitrogens with two attached hydrogens (primary N) is 1. The van der Waals surface area contributed by atoms with Crippen LogP contribution in [0.1, 0.15) is 6.23 Å². The standard InChI is InChI=1S/C12H18N7O4P/c1-18(2)24(21)22-5-7-3-14-4-8(23-7)19-6-15-9-10(19)16-12(13)17-11(9)20/h6-8,14H,3-5H2,1-2H3,(H2-,13,16,17,20)/p+1/t7-,8+/m0/s1. The Morgan fingerprint density at radius 3 is 3.08 bits per heavy atom. The first-order chi connectivity index (χ1) is 11.5. The number of nitrogen functional groups attached to an aromatic ring is 1. The summed E-state index contributed by atoms with van der Waals surface area (Å²) in [6.07, 6.45) is 0.769. The molecule has 0 aliphatic carbocycles. The van der Waals surface area contributed by atoms with Crippen molar-refractivity contribution in [2.45, 2.75) is 12.3 Å². The second-order valence-electron chi connectivity index (χ2n) is 5.53. The zero-order chi connectivity index (χ0) is 17.3. The molecule has 1 fully saturated rings. The fourth-order valence-corrected chi connectivity index (χ4v) is 2.89. The maximum absolute atomic E-state index is 11.8. The molecule has 2 aromatic rings. The largest absolute Gasteiger partial charge is 0.615 e. The van der Waals surface area contributed by atoms with Crippen LogP contribution < -0.4 is 16.6 Å². The highest BCUT2D eigenvalue weighted by Gasteiger charge is 2.30. The fraction of sp³-hybridized carbons (Fsp3) is 0.583. The Labute approximate surface area is 138 Å². The SMILES string of the molecule is CN(C)[P+](=O)OC[C@@H]1CNC[C@H](n2cnc3c(=O)[nH]c(N)nc32)O1. The third kappa shape index (κ3) is 3.45. The van der Waals surface area contributed by atoms with E-state index in [1.165, 1.54) is 11.0 Å². The van der Waals surface area contributed by atoms with Crippen molar-refractivity contribution in [1.82, 2.24) is 29.5 Å². The lowest BCUT2D eigenvalue weighted by Crippen LogP contribution is -2.44. The number of hydrogen-bond donors (Lipinski definition) is 3. The van der Waals surface area contributed by atoms with E-state index in [9.17, 15) is 9.36 Å². The van der Waals surface area contributed by atoms with E-state index in [-0.39, 0.29) is 24.2 Å². The fourth-order valence-electron chi connectivity index (χ4n) is 2.36. The van der Waals surface area contributed by atoms with Gasteiger partial charge in [-0.05, 0) is 4.57 Å². The predicted molar refractivity (Wildman–Crippen MR) is 86.6 cm³/mol. The van der Waals surface area contributed by atoms with E-state index in [0.717, 1.165) is 0 Å². The summed E-state index contributed by atoms with van der Waals surface area (Å²) in [5.74, 6) is 0.0147. The van der Waals surface area contributed by atoms with E-state index >= 15 is 0 Å². The highest BCUT2D eigenvalue weighted by molar-refractivity contribution is 7.36. The number of nitrogens with one attached hydrogen (secondary N) is 2. The molecule has 4 N–H and O–H groups in total. The van der Waals surface area contributed by atoms with Crippen molar-refractivity contribution >= 4 is 25.3 Å². The number of imidazole rings is 1. The van der Waals surface area contributed by atoms with Crippen LogP contribution in [-0.4, -0.2) is 64.1 Å². The Kier molecular flexibility index (Phi) is 4.88. The Morgan fingerprint density at radius 2 is 2.33 bits per heavy atom. The number of rotatable bonds is 5. The lowest BCUT2D eigenvalue weighted by molar-refractivity contribution is -0.0893. The second-order valence-corrected chi connectivity index (χ2v) is 7.06. The van der Waals surface area contributed by atoms with Gasteiger partial charge in [-0.3, -0.25) is 14.3 Å². The van der Waals surface area contributed by atoms with Crippen molar-refractivity contribution < 1.29 is 13.8 Å². The number of anilines is 1. The Hall–Kier alpha value is -1.91. The predicted octanol–water partition coefficient (Wildman–Crippen LogP) is -0.576. The third-order valence-electron chi connectivity index (χ3n) is 3.50. The zero-order valence-corrected chi connectivity index (χ0v) is 14.2. The highest BCUT2D eigenvalue weighted by atomic mass is 31.1. The van der Waals surface area contributed by atoms with E-state index in [1.807, 2.05) is 0 Å². The lowest BCUT2D eigenvalue weighted by Gasteiger charge is -2.30. The molecule has 0 radical (unpaired) electrons. The van der Waals surface area contributed by atoms with Crippen LogP contribution in [0.5, 0.6) is 0 Å². The maximum atomic E-state index is 11.8. The molecule has 130 valence electrons. The molecule has 11 nitrogen and oxygen atoms in total. The average Bonchev–Trinajstić information content (AvgIpc) is 2.96. The number of fused-ring (bicyclic) bond motifs is 1. The number of aromatic amines is 1. The number of nitrogens with zero attached hydrogens (tertiary/aromatic N) is 4. The second kappa shape index (κ2) is 6.91. The van der Waals surface area contributed by atoms with Crippen LogP contribution in [0, 0.1) is 0 Å². The number of H-pyrrole nitrogens is 1. The van der Waals surface area contributed by atoms with E-state index in [4.69, 9.17) is 15.0 Å². The highest BCUT2D eigenvalue weighted by Crippen LogP contribution is 2.26. The number of morpholine rings is 1. The minimum absolute atomic E-state index is 0.0147. The topological polar surface area (TPSA) is 140 Å². The summed E-state index contributed by atoms with van der Waals surface area (Å²) in [6, 6.07) is 0. The molecule has 24 heavy (non-hydrogen) atoms. The summed E-state index contributed by atoms with van der Waals surface area (Å²) in [6.45, 7) is 1.26. The molecule has 0 amide bonds. The summed E-state index contributed by atoms with van der Waals surface area (Å²) >= 11 is 0. The van der Waals surface area contributed by atoms with Gasteiger partial charge < -0.3 is 15.8 Å². The van der Waals surface area contributed by atoms with E-state index in [2.05, 4.69) is 20.3 Å². The van der Waals surface area contributed by atoms with Gasteiger partial charge in [0.25, 0.3) is 5.56 Å². The molecule has 3 rings (SSSR count). The Balaban J connectivity index is 1.75. The van der Waals surface area contributed by atoms with Gasteiger partial charge >= 0.3 is 8.18 Å². The van der Waals surface area contributed by atoms with Crippen molar-refractivity contribution in [3.8, 4) is 0 Å². The molecule has 0 aromatic carbocycles. The van der Waals surface area contributed by atoms with Crippen LogP contribution in [0.25, 0.3) is 11.2 Å². The van der Waals surface area contributed by atoms with Crippen molar-refractivity contribution in [1.29, 1.82) is 0 Å². The third-order valence-corrected chi connectivity index (χ3v) is 4.52. The van der Waals surface area contributed by atoms with E-state index < -0.39 is 20.0 Å². The molecule has 3 heterocycles. The lowest BCUT2D eigenvalue weighted by atomic mass is 10.3. The molecular formula is C12H19N7O4P+. The van der Waals surface area contributed by atoms with Crippen molar-refractivity contribution in [3.63, 3.8) is 0 Å². The van der Waals surface area contributed by atoms with Gasteiger partial charge in [-0.15, -0.1) is 4.52 Å². The van der Waals surface area contributed by atoms with Gasteiger partial charge in [0.1, 0.15) is 18.9 Å². The van der Waals surface area contributed by atoms with Gasteiger partial charge in [0.2, 0.25) is 5.95 Å². The molecule has 1 aliphatic rings. The van der Waals surface area contributed by atoms with Gasteiger partial charge in [0, 0.05) is 27.2 Å². The molecule has 1 aliphatic heterocycles. The van der Waals surface area contributed by atoms with Crippen LogP contribution >= 0.6 is 8.18 Å². The first-order valence-electron chi connectivity index (χ1n) is 7.31. The quantitative estimate of drug-likeness (QED) is 0.600. The van der Waals surface area contributed by atoms with Crippen LogP contribution in [0.15, 0.2) is 11.1 Å². The van der Waals surface area contributed by atoms with Crippen LogP contribution in [0.2, 0.25) is 0 Å². The minimum atomic E-state index is -1.88. The van der Waals surface area contributed by atoms with Crippen molar-refractivity contribution in [2.75, 3.05) is 39.5 Å². The summed E-state index contributed by atoms with van der Waals surface area (Å²) in [5, 5.41) is 3.21. The van der Waals surface area contributed by atoms with Gasteiger partial charge in [-0.1, -0.05) is 4.67 Å². The molecule has 0 spiro atoms. The van der Waals surface area contributed by atoms with Crippen molar-refractivity contribution in [2.24, 2.45) is 0 Å². The summed E-state index contributed by atoms with van der Waals surface area (Å²) in [4.78, 5) is 22.4. The zero-order valence-electron chi connectivity index (χ0n) is 13.3. The summed E-state index contributed by atoms with van der Waals surface area (Å²) in [5.41, 5.74) is 5.74. The van der Waals surface area contributed by atoms with E-state index in [0.29, 0.717) is 18.7 Å². The molecule has 0 bridgehead atoms. The molecular weight excluding hydrogens is 337 g/mol. The number of ether oxygens (including phenoxy) is 1. The Bertz CT molecular complexity index is 804. The van der Waals surface area contributed by atoms with Crippen LogP contribution in [0.3, 0.4) is 0 Å². The molecule has 3 atom stereocenters. The first kappa shape index (κ1) is 16.9. The normalized spacial score (nSPS) is 22.2. The van der Waals surface area contributed by atoms with Gasteiger partial charge in [-0.2, -0.15) is 4.98 Å². The first-order valence-corrected chi connectivity index (χ1v) is 8.44. The molecule has 12 heteroatoms. The summed E-state index contributed by atoms with van der Waals surface area (Å²) in [7, 11) is 1.47. The molecule has 0 saturated carbocycles. The van der Waals surface area contributed by atoms with Crippen LogP contribution in [0.4, 0.5) is 5.95 Å². The molecule has 2 aromatic heterocycles. The van der Waals surface area contributed by atoms with Gasteiger partial charge in [0.05, 0.1) is 6.33 Å². The molecule has 1 unspecified atom stereocenters. The maximum Gasteiger partial charge on any atom is 0.615 e. The monoisotopic (exact) mass is 356 g/mol. The summed E-state index contributed by atoms with van der Waals surface area (Å²) < 4.78 is 26.0.